The second-order valence-corrected chi connectivity index (χ2v) is 6.58. The highest BCUT2D eigenvalue weighted by Gasteiger charge is 2.32. The summed E-state index contributed by atoms with van der Waals surface area (Å²) in [5.74, 6) is -0.0337. The molecular formula is C22H25FO7. The van der Waals surface area contributed by atoms with Crippen molar-refractivity contribution >= 4 is 11.9 Å². The first-order valence-corrected chi connectivity index (χ1v) is 9.32. The Morgan fingerprint density at radius 3 is 1.90 bits per heavy atom. The highest BCUT2D eigenvalue weighted by Crippen LogP contribution is 2.23. The van der Waals surface area contributed by atoms with Crippen LogP contribution in [0.15, 0.2) is 48.5 Å². The van der Waals surface area contributed by atoms with Crippen molar-refractivity contribution in [2.24, 2.45) is 0 Å². The quantitative estimate of drug-likeness (QED) is 0.712. The standard InChI is InChI=1S/C14H17FO4.C8H8O3/c1-9-13(15)7-12(19-9)8-18-14(16)10-3-5-11(17-2)6-4-10;1-11-7-4-2-6(3-5-7)8(9)10/h3-6,9,12-13H,7-8H2,1-2H3;2-5H,1H3,(H,9,10). The highest BCUT2D eigenvalue weighted by atomic mass is 19.1. The van der Waals surface area contributed by atoms with Crippen LogP contribution in [0.5, 0.6) is 11.5 Å². The molecule has 3 unspecified atom stereocenters. The second kappa shape index (κ2) is 11.2. The van der Waals surface area contributed by atoms with Crippen molar-refractivity contribution in [2.45, 2.75) is 31.7 Å². The van der Waals surface area contributed by atoms with E-state index in [2.05, 4.69) is 0 Å². The van der Waals surface area contributed by atoms with Crippen molar-refractivity contribution in [3.8, 4) is 11.5 Å². The molecule has 0 radical (unpaired) electrons. The summed E-state index contributed by atoms with van der Waals surface area (Å²) in [6.45, 7) is 1.76. The molecule has 0 aliphatic carbocycles. The minimum atomic E-state index is -0.982. The number of carbonyl (C=O) groups is 2. The molecule has 7 nitrogen and oxygen atoms in total. The first-order valence-electron chi connectivity index (χ1n) is 9.32. The molecule has 0 aromatic heterocycles. The van der Waals surface area contributed by atoms with Crippen LogP contribution >= 0.6 is 0 Å². The molecular weight excluding hydrogens is 395 g/mol. The predicted octanol–water partition coefficient (Wildman–Crippen LogP) is 3.76. The zero-order valence-electron chi connectivity index (χ0n) is 17.0. The summed E-state index contributed by atoms with van der Waals surface area (Å²) in [7, 11) is 3.09. The monoisotopic (exact) mass is 420 g/mol. The average molecular weight is 420 g/mol. The molecule has 0 amide bonds. The second-order valence-electron chi connectivity index (χ2n) is 6.58. The number of aromatic carboxylic acids is 1. The number of esters is 1. The molecule has 0 spiro atoms. The van der Waals surface area contributed by atoms with Gasteiger partial charge in [0.15, 0.2) is 0 Å². The number of alkyl halides is 1. The third kappa shape index (κ3) is 6.73. The molecule has 3 atom stereocenters. The van der Waals surface area contributed by atoms with E-state index in [0.717, 1.165) is 0 Å². The average Bonchev–Trinajstić information content (AvgIpc) is 3.09. The van der Waals surface area contributed by atoms with Crippen LogP contribution in [0.2, 0.25) is 0 Å². The maximum atomic E-state index is 13.2. The summed E-state index contributed by atoms with van der Waals surface area (Å²) in [5, 5.41) is 8.51. The molecule has 162 valence electrons. The molecule has 1 aliphatic heterocycles. The van der Waals surface area contributed by atoms with Crippen LogP contribution in [-0.2, 0) is 9.47 Å². The molecule has 0 saturated carbocycles. The van der Waals surface area contributed by atoms with E-state index >= 15 is 0 Å². The van der Waals surface area contributed by atoms with E-state index in [0.29, 0.717) is 17.1 Å². The van der Waals surface area contributed by atoms with Crippen molar-refractivity contribution < 1.29 is 38.0 Å². The number of hydrogen-bond acceptors (Lipinski definition) is 6. The van der Waals surface area contributed by atoms with Gasteiger partial charge in [-0.2, -0.15) is 0 Å². The molecule has 30 heavy (non-hydrogen) atoms. The van der Waals surface area contributed by atoms with Gasteiger partial charge >= 0.3 is 11.9 Å². The topological polar surface area (TPSA) is 91.3 Å². The molecule has 1 saturated heterocycles. The summed E-state index contributed by atoms with van der Waals surface area (Å²) >= 11 is 0. The first kappa shape index (κ1) is 23.2. The lowest BCUT2D eigenvalue weighted by Gasteiger charge is -2.11. The number of carboxylic acid groups (broad SMARTS) is 1. The first-order chi connectivity index (χ1) is 14.3. The smallest absolute Gasteiger partial charge is 0.338 e. The number of hydrogen-bond donors (Lipinski definition) is 1. The number of halogens is 1. The van der Waals surface area contributed by atoms with Crippen LogP contribution < -0.4 is 9.47 Å². The van der Waals surface area contributed by atoms with E-state index in [9.17, 15) is 14.0 Å². The van der Waals surface area contributed by atoms with E-state index in [-0.39, 0.29) is 24.7 Å². The van der Waals surface area contributed by atoms with Gasteiger partial charge in [0.05, 0.1) is 37.6 Å². The Balaban J connectivity index is 0.000000248. The Morgan fingerprint density at radius 2 is 1.50 bits per heavy atom. The van der Waals surface area contributed by atoms with Gasteiger partial charge in [-0.15, -0.1) is 0 Å². The van der Waals surface area contributed by atoms with Crippen molar-refractivity contribution in [3.05, 3.63) is 59.7 Å². The molecule has 1 aliphatic rings. The van der Waals surface area contributed by atoms with Gasteiger partial charge in [0.1, 0.15) is 24.3 Å². The van der Waals surface area contributed by atoms with Gasteiger partial charge in [-0.1, -0.05) is 0 Å². The summed E-state index contributed by atoms with van der Waals surface area (Å²) in [6, 6.07) is 12.8. The van der Waals surface area contributed by atoms with E-state index in [1.807, 2.05) is 0 Å². The minimum absolute atomic E-state index is 0.0790. The molecule has 2 aromatic rings. The SMILES string of the molecule is COc1ccc(C(=O)O)cc1.COc1ccc(C(=O)OCC2CC(F)C(C)O2)cc1. The molecule has 1 heterocycles. The number of benzene rings is 2. The predicted molar refractivity (Wildman–Crippen MR) is 107 cm³/mol. The van der Waals surface area contributed by atoms with Gasteiger partial charge in [0, 0.05) is 6.42 Å². The fraction of sp³-hybridized carbons (Fsp3) is 0.364. The van der Waals surface area contributed by atoms with Crippen LogP contribution in [0, 0.1) is 0 Å². The molecule has 8 heteroatoms. The zero-order valence-corrected chi connectivity index (χ0v) is 17.0. The van der Waals surface area contributed by atoms with Gasteiger partial charge in [0.25, 0.3) is 0 Å². The minimum Gasteiger partial charge on any atom is -0.497 e. The van der Waals surface area contributed by atoms with Crippen molar-refractivity contribution in [1.82, 2.24) is 0 Å². The van der Waals surface area contributed by atoms with Gasteiger partial charge < -0.3 is 24.1 Å². The van der Waals surface area contributed by atoms with Crippen LogP contribution in [0.3, 0.4) is 0 Å². The number of ether oxygens (including phenoxy) is 4. The van der Waals surface area contributed by atoms with Crippen molar-refractivity contribution in [2.75, 3.05) is 20.8 Å². The van der Waals surface area contributed by atoms with Crippen molar-refractivity contribution in [1.29, 1.82) is 0 Å². The number of methoxy groups -OCH3 is 2. The van der Waals surface area contributed by atoms with Gasteiger partial charge in [-0.3, -0.25) is 0 Å². The third-order valence-corrected chi connectivity index (χ3v) is 4.47. The van der Waals surface area contributed by atoms with E-state index < -0.39 is 24.2 Å². The third-order valence-electron chi connectivity index (χ3n) is 4.47. The van der Waals surface area contributed by atoms with E-state index in [1.54, 1.807) is 50.4 Å². The molecule has 0 bridgehead atoms. The largest absolute Gasteiger partial charge is 0.497 e. The molecule has 2 aromatic carbocycles. The Bertz CT molecular complexity index is 810. The van der Waals surface area contributed by atoms with Crippen LogP contribution in [-0.4, -0.2) is 56.3 Å². The lowest BCUT2D eigenvalue weighted by Crippen LogP contribution is -2.19. The summed E-state index contributed by atoms with van der Waals surface area (Å²) in [4.78, 5) is 22.1. The zero-order chi connectivity index (χ0) is 22.1. The lowest BCUT2D eigenvalue weighted by molar-refractivity contribution is -0.00708. The lowest BCUT2D eigenvalue weighted by atomic mass is 10.2. The summed E-state index contributed by atoms with van der Waals surface area (Å²) in [6.07, 6.45) is -1.49. The summed E-state index contributed by atoms with van der Waals surface area (Å²) < 4.78 is 33.5. The fourth-order valence-electron chi connectivity index (χ4n) is 2.71. The number of carbonyl (C=O) groups excluding carboxylic acids is 1. The van der Waals surface area contributed by atoms with Crippen molar-refractivity contribution in [3.63, 3.8) is 0 Å². The van der Waals surface area contributed by atoms with Crippen LogP contribution in [0.4, 0.5) is 4.39 Å². The molecule has 1 N–H and O–H groups in total. The van der Waals surface area contributed by atoms with Gasteiger partial charge in [-0.25, -0.2) is 14.0 Å². The highest BCUT2D eigenvalue weighted by molar-refractivity contribution is 5.89. The molecule has 1 fully saturated rings. The van der Waals surface area contributed by atoms with Gasteiger partial charge in [0.2, 0.25) is 0 Å². The maximum Gasteiger partial charge on any atom is 0.338 e. The fourth-order valence-corrected chi connectivity index (χ4v) is 2.71. The van der Waals surface area contributed by atoms with E-state index in [4.69, 9.17) is 24.1 Å². The van der Waals surface area contributed by atoms with E-state index in [1.165, 1.54) is 19.2 Å². The van der Waals surface area contributed by atoms with Crippen LogP contribution in [0.25, 0.3) is 0 Å². The Hall–Kier alpha value is -3.13. The number of carboxylic acids is 1. The normalized spacial score (nSPS) is 19.9. The van der Waals surface area contributed by atoms with Crippen LogP contribution in [0.1, 0.15) is 34.1 Å². The van der Waals surface area contributed by atoms with Gasteiger partial charge in [-0.05, 0) is 55.5 Å². The summed E-state index contributed by atoms with van der Waals surface area (Å²) in [5.41, 5.74) is 0.703. The Kier molecular flexibility index (Phi) is 8.61. The Morgan fingerprint density at radius 1 is 1.00 bits per heavy atom. The Labute approximate surface area is 174 Å². The molecule has 3 rings (SSSR count). The maximum absolute atomic E-state index is 13.2. The number of rotatable bonds is 6.